The fourth-order valence-corrected chi connectivity index (χ4v) is 3.49. The number of likely N-dealkylation sites (N-methyl/N-ethyl adjacent to an activating group) is 2. The Hall–Kier alpha value is -2.18. The van der Waals surface area contributed by atoms with E-state index in [1.807, 2.05) is 26.1 Å². The Morgan fingerprint density at radius 3 is 2.29 bits per heavy atom. The Morgan fingerprint density at radius 1 is 1.11 bits per heavy atom. The third-order valence-corrected chi connectivity index (χ3v) is 5.54. The van der Waals surface area contributed by atoms with Crippen molar-refractivity contribution < 1.29 is 19.2 Å². The molecule has 2 aromatic rings. The first-order valence-corrected chi connectivity index (χ1v) is 10.5. The topological polar surface area (TPSA) is 43.2 Å². The molecule has 0 aliphatic carbocycles. The summed E-state index contributed by atoms with van der Waals surface area (Å²) in [5, 5.41) is 0. The van der Waals surface area contributed by atoms with Crippen LogP contribution in [0.3, 0.4) is 0 Å². The fourth-order valence-electron chi connectivity index (χ4n) is 3.08. The number of rotatable bonds is 9. The Labute approximate surface area is 172 Å². The van der Waals surface area contributed by atoms with Crippen molar-refractivity contribution in [3.05, 3.63) is 53.1 Å². The van der Waals surface area contributed by atoms with E-state index >= 15 is 0 Å². The van der Waals surface area contributed by atoms with E-state index in [1.54, 1.807) is 30.9 Å². The summed E-state index contributed by atoms with van der Waals surface area (Å²) in [6.07, 6.45) is 2.07. The molecule has 0 saturated heterocycles. The number of methoxy groups -OCH3 is 2. The van der Waals surface area contributed by atoms with Crippen LogP contribution in [0.15, 0.2) is 41.3 Å². The maximum Gasteiger partial charge on any atom is 0.277 e. The zero-order chi connectivity index (χ0) is 20.7. The Bertz CT molecular complexity index is 793. The number of aryl methyl sites for hydroxylation is 1. The lowest BCUT2D eigenvalue weighted by Gasteiger charge is -2.22. The molecular formula is C22H31N2O3S+. The Balaban J connectivity index is 1.96. The quantitative estimate of drug-likeness (QED) is 0.653. The van der Waals surface area contributed by atoms with Crippen LogP contribution in [0.5, 0.6) is 11.5 Å². The number of nitrogens with one attached hydrogen (secondary N) is 1. The maximum absolute atomic E-state index is 12.7. The van der Waals surface area contributed by atoms with E-state index in [4.69, 9.17) is 9.47 Å². The molecule has 1 N–H and O–H groups in total. The van der Waals surface area contributed by atoms with Crippen LogP contribution in [0.2, 0.25) is 0 Å². The summed E-state index contributed by atoms with van der Waals surface area (Å²) in [5.74, 6) is 1.50. The summed E-state index contributed by atoms with van der Waals surface area (Å²) >= 11 is 1.73. The maximum atomic E-state index is 12.7. The normalized spacial score (nSPS) is 11.8. The van der Waals surface area contributed by atoms with Gasteiger partial charge in [0.25, 0.3) is 5.91 Å². The summed E-state index contributed by atoms with van der Waals surface area (Å²) in [6.45, 7) is 3.84. The van der Waals surface area contributed by atoms with E-state index in [-0.39, 0.29) is 5.91 Å². The molecule has 1 unspecified atom stereocenters. The van der Waals surface area contributed by atoms with Gasteiger partial charge in [-0.15, -0.1) is 11.8 Å². The van der Waals surface area contributed by atoms with Gasteiger partial charge in [0.05, 0.1) is 21.3 Å². The highest BCUT2D eigenvalue weighted by atomic mass is 32.2. The van der Waals surface area contributed by atoms with E-state index in [2.05, 4.69) is 37.6 Å². The number of hydrogen-bond acceptors (Lipinski definition) is 4. The van der Waals surface area contributed by atoms with Gasteiger partial charge in [-0.05, 0) is 48.6 Å². The average Bonchev–Trinajstić information content (AvgIpc) is 2.69. The van der Waals surface area contributed by atoms with Gasteiger partial charge in [-0.1, -0.05) is 12.1 Å². The minimum atomic E-state index is 0.118. The molecule has 0 spiro atoms. The summed E-state index contributed by atoms with van der Waals surface area (Å²) in [7, 11) is 7.14. The van der Waals surface area contributed by atoms with Crippen molar-refractivity contribution in [3.63, 3.8) is 0 Å². The van der Waals surface area contributed by atoms with Crippen molar-refractivity contribution in [1.82, 2.24) is 4.90 Å². The second-order valence-corrected chi connectivity index (χ2v) is 7.92. The molecule has 152 valence electrons. The number of benzene rings is 2. The molecule has 28 heavy (non-hydrogen) atoms. The Morgan fingerprint density at radius 2 is 1.71 bits per heavy atom. The number of quaternary nitrogens is 1. The second kappa shape index (κ2) is 10.4. The minimum Gasteiger partial charge on any atom is -0.493 e. The predicted octanol–water partition coefficient (Wildman–Crippen LogP) is 2.41. The van der Waals surface area contributed by atoms with Crippen LogP contribution in [-0.2, 0) is 17.9 Å². The summed E-state index contributed by atoms with van der Waals surface area (Å²) in [4.78, 5) is 16.9. The van der Waals surface area contributed by atoms with E-state index in [0.717, 1.165) is 22.6 Å². The summed E-state index contributed by atoms with van der Waals surface area (Å²) < 4.78 is 10.7. The Kier molecular flexibility index (Phi) is 8.20. The predicted molar refractivity (Wildman–Crippen MR) is 114 cm³/mol. The van der Waals surface area contributed by atoms with Gasteiger partial charge in [0.2, 0.25) is 0 Å². The lowest BCUT2D eigenvalue weighted by atomic mass is 10.1. The third kappa shape index (κ3) is 5.91. The highest BCUT2D eigenvalue weighted by Crippen LogP contribution is 2.30. The van der Waals surface area contributed by atoms with Crippen molar-refractivity contribution in [1.29, 1.82) is 0 Å². The van der Waals surface area contributed by atoms with Gasteiger partial charge in [0, 0.05) is 24.1 Å². The molecule has 0 radical (unpaired) electrons. The standard InChI is InChI=1S/C22H30N2O3S/c1-16-11-20(26-4)21(27-5)12-18(16)14-24(3)22(25)15-23(2)13-17-7-9-19(28-6)10-8-17/h7-12H,13-15H2,1-6H3/p+1. The number of carbonyl (C=O) groups excluding carboxylic acids is 1. The van der Waals surface area contributed by atoms with Gasteiger partial charge >= 0.3 is 0 Å². The molecule has 0 heterocycles. The molecule has 0 bridgehead atoms. The van der Waals surface area contributed by atoms with Crippen LogP contribution in [0.4, 0.5) is 0 Å². The molecule has 6 heteroatoms. The molecule has 1 amide bonds. The molecule has 2 rings (SSSR count). The third-order valence-electron chi connectivity index (χ3n) is 4.79. The lowest BCUT2D eigenvalue weighted by Crippen LogP contribution is -3.08. The van der Waals surface area contributed by atoms with Gasteiger partial charge in [-0.25, -0.2) is 0 Å². The molecular weight excluding hydrogens is 372 g/mol. The van der Waals surface area contributed by atoms with Crippen LogP contribution in [0.25, 0.3) is 0 Å². The zero-order valence-corrected chi connectivity index (χ0v) is 18.5. The van der Waals surface area contributed by atoms with E-state index in [1.165, 1.54) is 10.5 Å². The van der Waals surface area contributed by atoms with Gasteiger partial charge in [0.15, 0.2) is 18.0 Å². The largest absolute Gasteiger partial charge is 0.493 e. The molecule has 5 nitrogen and oxygen atoms in total. The first kappa shape index (κ1) is 22.1. The van der Waals surface area contributed by atoms with Crippen LogP contribution >= 0.6 is 11.8 Å². The lowest BCUT2D eigenvalue weighted by molar-refractivity contribution is -0.885. The molecule has 0 saturated carbocycles. The van der Waals surface area contributed by atoms with Crippen LogP contribution in [-0.4, -0.2) is 51.9 Å². The highest BCUT2D eigenvalue weighted by Gasteiger charge is 2.17. The molecule has 0 aliphatic rings. The SMILES string of the molecule is COc1cc(C)c(CN(C)C(=O)C[NH+](C)Cc2ccc(SC)cc2)cc1OC. The van der Waals surface area contributed by atoms with Gasteiger partial charge in [0.1, 0.15) is 6.54 Å². The number of amides is 1. The highest BCUT2D eigenvalue weighted by molar-refractivity contribution is 7.98. The van der Waals surface area contributed by atoms with Crippen molar-refractivity contribution in [2.24, 2.45) is 0 Å². The second-order valence-electron chi connectivity index (χ2n) is 7.04. The number of nitrogens with zero attached hydrogens (tertiary/aromatic N) is 1. The number of ether oxygens (including phenoxy) is 2. The monoisotopic (exact) mass is 403 g/mol. The molecule has 1 atom stereocenters. The number of carbonyl (C=O) groups is 1. The van der Waals surface area contributed by atoms with E-state index in [0.29, 0.717) is 24.6 Å². The van der Waals surface area contributed by atoms with Crippen LogP contribution in [0.1, 0.15) is 16.7 Å². The van der Waals surface area contributed by atoms with E-state index in [9.17, 15) is 4.79 Å². The molecule has 2 aromatic carbocycles. The summed E-state index contributed by atoms with van der Waals surface area (Å²) in [6, 6.07) is 12.4. The average molecular weight is 404 g/mol. The van der Waals surface area contributed by atoms with Crippen molar-refractivity contribution in [2.75, 3.05) is 41.1 Å². The molecule has 0 aromatic heterocycles. The van der Waals surface area contributed by atoms with Crippen LogP contribution in [0, 0.1) is 6.92 Å². The van der Waals surface area contributed by atoms with Gasteiger partial charge in [-0.2, -0.15) is 0 Å². The first-order chi connectivity index (χ1) is 13.4. The van der Waals surface area contributed by atoms with Crippen molar-refractivity contribution in [3.8, 4) is 11.5 Å². The summed E-state index contributed by atoms with van der Waals surface area (Å²) in [5.41, 5.74) is 3.37. The smallest absolute Gasteiger partial charge is 0.277 e. The number of thioether (sulfide) groups is 1. The fraction of sp³-hybridized carbons (Fsp3) is 0.409. The van der Waals surface area contributed by atoms with Gasteiger partial charge < -0.3 is 19.3 Å². The minimum absolute atomic E-state index is 0.118. The van der Waals surface area contributed by atoms with Crippen LogP contribution < -0.4 is 14.4 Å². The van der Waals surface area contributed by atoms with Crippen molar-refractivity contribution >= 4 is 17.7 Å². The number of hydrogen-bond donors (Lipinski definition) is 1. The van der Waals surface area contributed by atoms with E-state index < -0.39 is 0 Å². The molecule has 0 aliphatic heterocycles. The first-order valence-electron chi connectivity index (χ1n) is 9.27. The van der Waals surface area contributed by atoms with Crippen molar-refractivity contribution in [2.45, 2.75) is 24.9 Å². The zero-order valence-electron chi connectivity index (χ0n) is 17.7. The molecule has 0 fully saturated rings. The van der Waals surface area contributed by atoms with Gasteiger partial charge in [-0.3, -0.25) is 4.79 Å².